The summed E-state index contributed by atoms with van der Waals surface area (Å²) in [7, 11) is 0. The van der Waals surface area contributed by atoms with Crippen molar-refractivity contribution in [1.29, 1.82) is 0 Å². The van der Waals surface area contributed by atoms with Crippen molar-refractivity contribution in [2.75, 3.05) is 17.7 Å². The second kappa shape index (κ2) is 8.00. The predicted molar refractivity (Wildman–Crippen MR) is 84.4 cm³/mol. The zero-order chi connectivity index (χ0) is 17.6. The highest BCUT2D eigenvalue weighted by atomic mass is 32.2. The van der Waals surface area contributed by atoms with Gasteiger partial charge in [-0.15, -0.1) is 11.8 Å². The lowest BCUT2D eigenvalue weighted by atomic mass is 10.2. The summed E-state index contributed by atoms with van der Waals surface area (Å²) in [5.74, 6) is 0.304. The van der Waals surface area contributed by atoms with E-state index >= 15 is 0 Å². The molecule has 0 saturated carbocycles. The SMILES string of the molecule is CCSc1cc(C(=O)Nc2ccc(OCC(F)(F)F)nc2)ccn1. The number of carbonyl (C=O) groups is 1. The minimum atomic E-state index is -4.43. The first-order chi connectivity index (χ1) is 11.4. The van der Waals surface area contributed by atoms with Crippen molar-refractivity contribution in [2.45, 2.75) is 18.1 Å². The molecule has 2 aromatic rings. The number of thioether (sulfide) groups is 1. The van der Waals surface area contributed by atoms with Crippen LogP contribution in [-0.2, 0) is 0 Å². The maximum atomic E-state index is 12.2. The van der Waals surface area contributed by atoms with Gasteiger partial charge in [0, 0.05) is 17.8 Å². The molecule has 2 heterocycles. The summed E-state index contributed by atoms with van der Waals surface area (Å²) in [4.78, 5) is 20.0. The maximum absolute atomic E-state index is 12.2. The van der Waals surface area contributed by atoms with Gasteiger partial charge >= 0.3 is 6.18 Å². The van der Waals surface area contributed by atoms with E-state index in [0.29, 0.717) is 11.3 Å². The molecule has 2 rings (SSSR count). The Morgan fingerprint density at radius 3 is 2.71 bits per heavy atom. The van der Waals surface area contributed by atoms with Crippen molar-refractivity contribution in [3.63, 3.8) is 0 Å². The summed E-state index contributed by atoms with van der Waals surface area (Å²) in [5.41, 5.74) is 0.777. The first-order valence-corrected chi connectivity index (χ1v) is 7.92. The fraction of sp³-hybridized carbons (Fsp3) is 0.267. The van der Waals surface area contributed by atoms with Gasteiger partial charge in [-0.25, -0.2) is 9.97 Å². The summed E-state index contributed by atoms with van der Waals surface area (Å²) in [5, 5.41) is 3.35. The second-order valence-corrected chi connectivity index (χ2v) is 5.84. The Bertz CT molecular complexity index is 693. The highest BCUT2D eigenvalue weighted by molar-refractivity contribution is 7.99. The molecule has 9 heteroatoms. The molecule has 0 radical (unpaired) electrons. The van der Waals surface area contributed by atoms with Gasteiger partial charge in [0.05, 0.1) is 16.9 Å². The Balaban J connectivity index is 1.98. The monoisotopic (exact) mass is 357 g/mol. The molecule has 0 fully saturated rings. The van der Waals surface area contributed by atoms with Gasteiger partial charge in [-0.2, -0.15) is 13.2 Å². The summed E-state index contributed by atoms with van der Waals surface area (Å²) in [6, 6.07) is 5.91. The van der Waals surface area contributed by atoms with Gasteiger partial charge < -0.3 is 10.1 Å². The van der Waals surface area contributed by atoms with Crippen LogP contribution >= 0.6 is 11.8 Å². The Morgan fingerprint density at radius 1 is 1.29 bits per heavy atom. The van der Waals surface area contributed by atoms with Crippen molar-refractivity contribution >= 4 is 23.4 Å². The smallest absolute Gasteiger partial charge is 0.422 e. The van der Waals surface area contributed by atoms with E-state index in [2.05, 4.69) is 20.0 Å². The van der Waals surface area contributed by atoms with Gasteiger partial charge in [0.2, 0.25) is 5.88 Å². The molecule has 128 valence electrons. The number of nitrogens with zero attached hydrogens (tertiary/aromatic N) is 2. The molecule has 0 aromatic carbocycles. The molecule has 0 aliphatic heterocycles. The third-order valence-electron chi connectivity index (χ3n) is 2.67. The number of alkyl halides is 3. The molecule has 0 aliphatic carbocycles. The minimum absolute atomic E-state index is 0.170. The minimum Gasteiger partial charge on any atom is -0.468 e. The molecular weight excluding hydrogens is 343 g/mol. The van der Waals surface area contributed by atoms with E-state index in [4.69, 9.17) is 0 Å². The van der Waals surface area contributed by atoms with Gasteiger partial charge in [0.15, 0.2) is 6.61 Å². The van der Waals surface area contributed by atoms with Crippen molar-refractivity contribution < 1.29 is 22.7 Å². The predicted octanol–water partition coefficient (Wildman–Crippen LogP) is 3.78. The molecule has 0 spiro atoms. The first kappa shape index (κ1) is 18.1. The average molecular weight is 357 g/mol. The Kier molecular flexibility index (Phi) is 6.02. The number of aromatic nitrogens is 2. The lowest BCUT2D eigenvalue weighted by Gasteiger charge is -2.09. The molecule has 24 heavy (non-hydrogen) atoms. The van der Waals surface area contributed by atoms with E-state index in [1.54, 1.807) is 18.3 Å². The molecule has 5 nitrogen and oxygen atoms in total. The van der Waals surface area contributed by atoms with Crippen LogP contribution in [0.1, 0.15) is 17.3 Å². The zero-order valence-corrected chi connectivity index (χ0v) is 13.4. The molecule has 1 N–H and O–H groups in total. The summed E-state index contributed by atoms with van der Waals surface area (Å²) in [6.07, 6.45) is -1.66. The molecule has 0 bridgehead atoms. The van der Waals surface area contributed by atoms with Crippen molar-refractivity contribution in [1.82, 2.24) is 9.97 Å². The van der Waals surface area contributed by atoms with Gasteiger partial charge in [0.25, 0.3) is 5.91 Å². The van der Waals surface area contributed by atoms with Crippen molar-refractivity contribution in [3.8, 4) is 5.88 Å². The van der Waals surface area contributed by atoms with Gasteiger partial charge in [-0.05, 0) is 24.0 Å². The Morgan fingerprint density at radius 2 is 2.08 bits per heavy atom. The Hall–Kier alpha value is -2.29. The number of hydrogen-bond acceptors (Lipinski definition) is 5. The van der Waals surface area contributed by atoms with E-state index in [-0.39, 0.29) is 11.8 Å². The van der Waals surface area contributed by atoms with Crippen LogP contribution in [0.5, 0.6) is 5.88 Å². The van der Waals surface area contributed by atoms with Crippen LogP contribution in [0.15, 0.2) is 41.7 Å². The number of carbonyl (C=O) groups excluding carboxylic acids is 1. The lowest BCUT2D eigenvalue weighted by Crippen LogP contribution is -2.19. The highest BCUT2D eigenvalue weighted by Crippen LogP contribution is 2.19. The van der Waals surface area contributed by atoms with Crippen LogP contribution in [0.4, 0.5) is 18.9 Å². The van der Waals surface area contributed by atoms with Crippen LogP contribution in [0.2, 0.25) is 0 Å². The van der Waals surface area contributed by atoms with Gasteiger partial charge in [-0.1, -0.05) is 6.92 Å². The van der Waals surface area contributed by atoms with E-state index in [0.717, 1.165) is 10.8 Å². The van der Waals surface area contributed by atoms with Crippen LogP contribution in [0.3, 0.4) is 0 Å². The Labute approximate surface area is 140 Å². The van der Waals surface area contributed by atoms with E-state index in [9.17, 15) is 18.0 Å². The van der Waals surface area contributed by atoms with E-state index in [1.807, 2.05) is 6.92 Å². The lowest BCUT2D eigenvalue weighted by molar-refractivity contribution is -0.154. The average Bonchev–Trinajstić information content (AvgIpc) is 2.54. The normalized spacial score (nSPS) is 11.2. The number of pyridine rings is 2. The van der Waals surface area contributed by atoms with Crippen LogP contribution in [0, 0.1) is 0 Å². The number of rotatable bonds is 6. The third kappa shape index (κ3) is 5.73. The molecule has 0 aliphatic rings. The quantitative estimate of drug-likeness (QED) is 0.797. The van der Waals surface area contributed by atoms with Gasteiger partial charge in [0.1, 0.15) is 0 Å². The van der Waals surface area contributed by atoms with Crippen LogP contribution in [0.25, 0.3) is 0 Å². The highest BCUT2D eigenvalue weighted by Gasteiger charge is 2.28. The number of hydrogen-bond donors (Lipinski definition) is 1. The summed E-state index contributed by atoms with van der Waals surface area (Å²) >= 11 is 1.51. The number of anilines is 1. The number of nitrogens with one attached hydrogen (secondary N) is 1. The second-order valence-electron chi connectivity index (χ2n) is 4.56. The molecule has 2 aromatic heterocycles. The van der Waals surface area contributed by atoms with Crippen LogP contribution < -0.4 is 10.1 Å². The zero-order valence-electron chi connectivity index (χ0n) is 12.6. The topological polar surface area (TPSA) is 64.1 Å². The molecule has 1 amide bonds. The third-order valence-corrected chi connectivity index (χ3v) is 3.47. The molecule has 0 atom stereocenters. The number of halogens is 3. The van der Waals surface area contributed by atoms with Crippen LogP contribution in [-0.4, -0.2) is 34.4 Å². The summed E-state index contributed by atoms with van der Waals surface area (Å²) < 4.78 is 40.7. The van der Waals surface area contributed by atoms with Gasteiger partial charge in [-0.3, -0.25) is 4.79 Å². The molecular formula is C15H14F3N3O2S. The maximum Gasteiger partial charge on any atom is 0.422 e. The largest absolute Gasteiger partial charge is 0.468 e. The number of amides is 1. The molecule has 0 unspecified atom stereocenters. The van der Waals surface area contributed by atoms with E-state index < -0.39 is 12.8 Å². The molecule has 0 saturated heterocycles. The fourth-order valence-corrected chi connectivity index (χ4v) is 2.32. The van der Waals surface area contributed by atoms with Crippen molar-refractivity contribution in [3.05, 3.63) is 42.2 Å². The van der Waals surface area contributed by atoms with E-state index in [1.165, 1.54) is 30.1 Å². The fourth-order valence-electron chi connectivity index (χ4n) is 1.68. The number of ether oxygens (including phenoxy) is 1. The first-order valence-electron chi connectivity index (χ1n) is 6.93. The standard InChI is InChI=1S/C15H14F3N3O2S/c1-2-24-13-7-10(5-6-19-13)14(22)21-11-3-4-12(20-8-11)23-9-15(16,17)18/h3-8H,2,9H2,1H3,(H,21,22). The van der Waals surface area contributed by atoms with Crippen molar-refractivity contribution in [2.24, 2.45) is 0 Å². The summed E-state index contributed by atoms with van der Waals surface area (Å²) in [6.45, 7) is 0.563.